The smallest absolute Gasteiger partial charge is 0.359 e. The van der Waals surface area contributed by atoms with Crippen molar-refractivity contribution >= 4 is 23.3 Å². The minimum atomic E-state index is -0.794. The lowest BCUT2D eigenvalue weighted by Crippen LogP contribution is -2.23. The third-order valence-corrected chi connectivity index (χ3v) is 3.47. The first-order valence-corrected chi connectivity index (χ1v) is 8.05. The average Bonchev–Trinajstić information content (AvgIpc) is 2.62. The maximum atomic E-state index is 12.1. The molecule has 0 saturated carbocycles. The van der Waals surface area contributed by atoms with E-state index in [0.29, 0.717) is 17.7 Å². The number of ether oxygens (including phenoxy) is 1. The number of rotatable bonds is 7. The number of esters is 1. The topological polar surface area (TPSA) is 107 Å². The van der Waals surface area contributed by atoms with E-state index in [1.54, 1.807) is 24.3 Å². The van der Waals surface area contributed by atoms with Crippen LogP contribution in [0.5, 0.6) is 0 Å². The van der Waals surface area contributed by atoms with Crippen LogP contribution in [-0.4, -0.2) is 34.0 Å². The van der Waals surface area contributed by atoms with Gasteiger partial charge >= 0.3 is 5.97 Å². The van der Waals surface area contributed by atoms with Crippen molar-refractivity contribution in [3.63, 3.8) is 0 Å². The maximum Gasteiger partial charge on any atom is 0.359 e. The van der Waals surface area contributed by atoms with Crippen LogP contribution in [0.25, 0.3) is 0 Å². The van der Waals surface area contributed by atoms with Crippen molar-refractivity contribution in [3.05, 3.63) is 58.0 Å². The number of Topliss-reactive ketones (excluding diaryl/α,β-unsaturated/α-hetero) is 1. The van der Waals surface area contributed by atoms with Crippen LogP contribution in [0.4, 0.5) is 5.69 Å². The van der Waals surface area contributed by atoms with Gasteiger partial charge in [-0.1, -0.05) is 6.92 Å². The van der Waals surface area contributed by atoms with Gasteiger partial charge in [0, 0.05) is 30.8 Å². The molecule has 0 aliphatic rings. The molecule has 0 spiro atoms. The van der Waals surface area contributed by atoms with Gasteiger partial charge in [-0.2, -0.15) is 5.10 Å². The van der Waals surface area contributed by atoms with E-state index in [-0.39, 0.29) is 17.2 Å². The summed E-state index contributed by atoms with van der Waals surface area (Å²) in [6, 6.07) is 8.73. The van der Waals surface area contributed by atoms with Gasteiger partial charge in [-0.3, -0.25) is 14.4 Å². The van der Waals surface area contributed by atoms with Crippen molar-refractivity contribution in [3.8, 4) is 0 Å². The van der Waals surface area contributed by atoms with E-state index in [1.807, 2.05) is 6.92 Å². The summed E-state index contributed by atoms with van der Waals surface area (Å²) in [7, 11) is 1.41. The number of nitrogens with one attached hydrogen (secondary N) is 1. The molecule has 26 heavy (non-hydrogen) atoms. The molecular weight excluding hydrogens is 338 g/mol. The SMILES string of the molecule is CCCC(=O)Nc1ccc(C(=O)COC(=O)c2ccc(=O)n(C)n2)cc1. The molecule has 1 heterocycles. The number of carbonyl (C=O) groups excluding carboxylic acids is 3. The van der Waals surface area contributed by atoms with Crippen LogP contribution in [0.15, 0.2) is 41.2 Å². The highest BCUT2D eigenvalue weighted by Crippen LogP contribution is 2.11. The van der Waals surface area contributed by atoms with Gasteiger partial charge in [-0.25, -0.2) is 9.48 Å². The first kappa shape index (κ1) is 19.0. The Morgan fingerprint density at radius 2 is 1.81 bits per heavy atom. The highest BCUT2D eigenvalue weighted by atomic mass is 16.5. The van der Waals surface area contributed by atoms with E-state index in [4.69, 9.17) is 4.74 Å². The zero-order chi connectivity index (χ0) is 19.1. The zero-order valence-corrected chi connectivity index (χ0v) is 14.5. The highest BCUT2D eigenvalue weighted by molar-refractivity contribution is 5.99. The van der Waals surface area contributed by atoms with E-state index >= 15 is 0 Å². The van der Waals surface area contributed by atoms with Crippen molar-refractivity contribution in [1.29, 1.82) is 0 Å². The number of hydrogen-bond acceptors (Lipinski definition) is 6. The van der Waals surface area contributed by atoms with Gasteiger partial charge in [-0.15, -0.1) is 0 Å². The fourth-order valence-electron chi connectivity index (χ4n) is 2.09. The predicted molar refractivity (Wildman–Crippen MR) is 94.1 cm³/mol. The Morgan fingerprint density at radius 3 is 2.42 bits per heavy atom. The fraction of sp³-hybridized carbons (Fsp3) is 0.278. The Bertz CT molecular complexity index is 871. The molecule has 0 radical (unpaired) electrons. The van der Waals surface area contributed by atoms with Gasteiger partial charge in [0.15, 0.2) is 18.1 Å². The van der Waals surface area contributed by atoms with E-state index < -0.39 is 18.4 Å². The molecule has 1 N–H and O–H groups in total. The highest BCUT2D eigenvalue weighted by Gasteiger charge is 2.14. The fourth-order valence-corrected chi connectivity index (χ4v) is 2.09. The van der Waals surface area contributed by atoms with E-state index in [9.17, 15) is 19.2 Å². The standard InChI is InChI=1S/C18H19N3O5/c1-3-4-16(23)19-13-7-5-12(6-8-13)15(22)11-26-18(25)14-9-10-17(24)21(2)20-14/h5-10H,3-4,11H2,1-2H3,(H,19,23). The number of carbonyl (C=O) groups is 3. The molecule has 136 valence electrons. The molecule has 0 atom stereocenters. The first-order chi connectivity index (χ1) is 12.4. The van der Waals surface area contributed by atoms with E-state index in [0.717, 1.165) is 11.1 Å². The number of ketones is 1. The number of aryl methyl sites for hydroxylation is 1. The molecule has 0 fully saturated rings. The quantitative estimate of drug-likeness (QED) is 0.595. The van der Waals surface area contributed by atoms with Crippen molar-refractivity contribution in [2.45, 2.75) is 19.8 Å². The molecule has 1 aromatic carbocycles. The molecule has 8 heteroatoms. The lowest BCUT2D eigenvalue weighted by Gasteiger charge is -2.07. The van der Waals surface area contributed by atoms with Crippen LogP contribution < -0.4 is 10.9 Å². The van der Waals surface area contributed by atoms with Gasteiger partial charge in [0.2, 0.25) is 5.91 Å². The first-order valence-electron chi connectivity index (χ1n) is 8.05. The average molecular weight is 357 g/mol. The Kier molecular flexibility index (Phi) is 6.37. The number of nitrogens with zero attached hydrogens (tertiary/aromatic N) is 2. The third-order valence-electron chi connectivity index (χ3n) is 3.47. The van der Waals surface area contributed by atoms with Crippen LogP contribution >= 0.6 is 0 Å². The van der Waals surface area contributed by atoms with E-state index in [1.165, 1.54) is 19.2 Å². The molecule has 1 amide bonds. The molecule has 2 rings (SSSR count). The lowest BCUT2D eigenvalue weighted by atomic mass is 10.1. The molecule has 0 bridgehead atoms. The minimum Gasteiger partial charge on any atom is -0.453 e. The van der Waals surface area contributed by atoms with Gasteiger partial charge in [0.05, 0.1) is 0 Å². The number of aromatic nitrogens is 2. The molecule has 0 saturated heterocycles. The van der Waals surface area contributed by atoms with Crippen LogP contribution in [0.1, 0.15) is 40.6 Å². The zero-order valence-electron chi connectivity index (χ0n) is 14.5. The van der Waals surface area contributed by atoms with Crippen LogP contribution in [0.3, 0.4) is 0 Å². The minimum absolute atomic E-state index is 0.0612. The Hall–Kier alpha value is -3.29. The van der Waals surface area contributed by atoms with Crippen molar-refractivity contribution < 1.29 is 19.1 Å². The van der Waals surface area contributed by atoms with Gasteiger partial charge < -0.3 is 10.1 Å². The summed E-state index contributed by atoms with van der Waals surface area (Å²) in [4.78, 5) is 46.7. The summed E-state index contributed by atoms with van der Waals surface area (Å²) in [5.41, 5.74) is 0.517. The summed E-state index contributed by atoms with van der Waals surface area (Å²) in [5, 5.41) is 6.47. The second-order valence-electron chi connectivity index (χ2n) is 5.56. The predicted octanol–water partition coefficient (Wildman–Crippen LogP) is 1.56. The number of anilines is 1. The van der Waals surface area contributed by atoms with Crippen LogP contribution in [0.2, 0.25) is 0 Å². The summed E-state index contributed by atoms with van der Waals surface area (Å²) >= 11 is 0. The molecular formula is C18H19N3O5. The second kappa shape index (κ2) is 8.70. The second-order valence-corrected chi connectivity index (χ2v) is 5.56. The van der Waals surface area contributed by atoms with E-state index in [2.05, 4.69) is 10.4 Å². The van der Waals surface area contributed by atoms with Crippen molar-refractivity contribution in [1.82, 2.24) is 9.78 Å². The number of amides is 1. The van der Waals surface area contributed by atoms with Crippen LogP contribution in [0, 0.1) is 0 Å². The van der Waals surface area contributed by atoms with Gasteiger partial charge in [0.25, 0.3) is 5.56 Å². The summed E-state index contributed by atoms with van der Waals surface area (Å²) in [6.07, 6.45) is 1.17. The third kappa shape index (κ3) is 5.10. The maximum absolute atomic E-state index is 12.1. The number of benzene rings is 1. The molecule has 1 aromatic heterocycles. The molecule has 2 aromatic rings. The largest absolute Gasteiger partial charge is 0.453 e. The monoisotopic (exact) mass is 357 g/mol. The summed E-state index contributed by atoms with van der Waals surface area (Å²) in [6.45, 7) is 1.46. The molecule has 0 unspecified atom stereocenters. The molecule has 0 aliphatic heterocycles. The van der Waals surface area contributed by atoms with Crippen molar-refractivity contribution in [2.75, 3.05) is 11.9 Å². The Morgan fingerprint density at radius 1 is 1.12 bits per heavy atom. The Balaban J connectivity index is 1.92. The summed E-state index contributed by atoms with van der Waals surface area (Å²) in [5.74, 6) is -1.28. The van der Waals surface area contributed by atoms with Crippen LogP contribution in [-0.2, 0) is 16.6 Å². The number of hydrogen-bond donors (Lipinski definition) is 1. The summed E-state index contributed by atoms with van der Waals surface area (Å²) < 4.78 is 5.93. The van der Waals surface area contributed by atoms with Gasteiger partial charge in [-0.05, 0) is 36.8 Å². The molecule has 8 nitrogen and oxygen atoms in total. The van der Waals surface area contributed by atoms with Crippen molar-refractivity contribution in [2.24, 2.45) is 7.05 Å². The van der Waals surface area contributed by atoms with Gasteiger partial charge in [0.1, 0.15) is 0 Å². The normalized spacial score (nSPS) is 10.2. The lowest BCUT2D eigenvalue weighted by molar-refractivity contribution is -0.116. The Labute approximate surface area is 149 Å². The molecule has 0 aliphatic carbocycles.